The summed E-state index contributed by atoms with van der Waals surface area (Å²) < 4.78 is 6.60. The second-order valence-corrected chi connectivity index (χ2v) is 8.16. The second-order valence-electron chi connectivity index (χ2n) is 6.91. The molecule has 24 heavy (non-hydrogen) atoms. The fraction of sp³-hybridized carbons (Fsp3) is 0.250. The number of hydrogen-bond acceptors (Lipinski definition) is 2. The van der Waals surface area contributed by atoms with Crippen LogP contribution in [0.25, 0.3) is 11.6 Å². The van der Waals surface area contributed by atoms with E-state index in [1.165, 1.54) is 0 Å². The number of ether oxygens (including phenoxy) is 1. The van der Waals surface area contributed by atoms with Gasteiger partial charge in [-0.05, 0) is 70.0 Å². The molecule has 1 heterocycles. The Morgan fingerprint density at radius 1 is 1.12 bits per heavy atom. The molecule has 0 bridgehead atoms. The molecule has 0 unspecified atom stereocenters. The predicted octanol–water partition coefficient (Wildman–Crippen LogP) is 5.09. The first kappa shape index (κ1) is 17.0. The number of fused-ring (bicyclic) bond motifs is 1. The van der Waals surface area contributed by atoms with Gasteiger partial charge in [-0.2, -0.15) is 0 Å². The molecular formula is C20H20INO2. The predicted molar refractivity (Wildman–Crippen MR) is 107 cm³/mol. The molecule has 0 fully saturated rings. The van der Waals surface area contributed by atoms with Crippen molar-refractivity contribution in [1.82, 2.24) is 0 Å². The molecule has 0 atom stereocenters. The third-order valence-corrected chi connectivity index (χ3v) is 4.78. The van der Waals surface area contributed by atoms with Crippen LogP contribution in [0.15, 0.2) is 36.4 Å². The van der Waals surface area contributed by atoms with Gasteiger partial charge in [-0.1, -0.05) is 26.8 Å². The quantitative estimate of drug-likeness (QED) is 0.530. The maximum Gasteiger partial charge on any atom is 0.256 e. The Hall–Kier alpha value is -1.82. The molecule has 0 aliphatic carbocycles. The Balaban J connectivity index is 2.10. The van der Waals surface area contributed by atoms with Gasteiger partial charge in [0.2, 0.25) is 0 Å². The van der Waals surface area contributed by atoms with Crippen LogP contribution < -0.4 is 10.1 Å². The van der Waals surface area contributed by atoms with Gasteiger partial charge in [0.25, 0.3) is 5.91 Å². The van der Waals surface area contributed by atoms with Crippen molar-refractivity contribution in [3.8, 4) is 5.75 Å². The number of rotatable bonds is 2. The van der Waals surface area contributed by atoms with E-state index in [4.69, 9.17) is 4.74 Å². The van der Waals surface area contributed by atoms with Crippen LogP contribution in [0.5, 0.6) is 5.75 Å². The van der Waals surface area contributed by atoms with Crippen LogP contribution in [0.2, 0.25) is 0 Å². The first-order chi connectivity index (χ1) is 11.3. The number of anilines is 1. The lowest BCUT2D eigenvalue weighted by atomic mass is 9.85. The van der Waals surface area contributed by atoms with E-state index in [1.807, 2.05) is 36.4 Å². The normalized spacial score (nSPS) is 15.4. The van der Waals surface area contributed by atoms with Crippen molar-refractivity contribution in [3.05, 3.63) is 56.7 Å². The van der Waals surface area contributed by atoms with Gasteiger partial charge in [-0.15, -0.1) is 0 Å². The van der Waals surface area contributed by atoms with E-state index < -0.39 is 0 Å². The minimum Gasteiger partial charge on any atom is -0.496 e. The highest BCUT2D eigenvalue weighted by molar-refractivity contribution is 14.1. The summed E-state index contributed by atoms with van der Waals surface area (Å²) in [5.74, 6) is 0.815. The molecule has 124 valence electrons. The van der Waals surface area contributed by atoms with Crippen molar-refractivity contribution in [1.29, 1.82) is 0 Å². The Bertz CT molecular complexity index is 847. The van der Waals surface area contributed by atoms with Crippen molar-refractivity contribution in [2.24, 2.45) is 0 Å². The van der Waals surface area contributed by atoms with Crippen LogP contribution in [0.3, 0.4) is 0 Å². The maximum absolute atomic E-state index is 12.3. The minimum absolute atomic E-state index is 0.0366. The molecule has 4 heteroatoms. The van der Waals surface area contributed by atoms with Gasteiger partial charge < -0.3 is 10.1 Å². The molecule has 0 saturated heterocycles. The van der Waals surface area contributed by atoms with Gasteiger partial charge in [0.15, 0.2) is 0 Å². The Morgan fingerprint density at radius 3 is 2.54 bits per heavy atom. The zero-order chi connectivity index (χ0) is 17.5. The fourth-order valence-corrected chi connectivity index (χ4v) is 3.36. The number of carbonyl (C=O) groups excluding carboxylic acids is 1. The summed E-state index contributed by atoms with van der Waals surface area (Å²) in [7, 11) is 1.69. The standard InChI is InChI=1S/C20H20INO2/c1-20(2,3)16-10-12(5-8-18(16)24-4)9-15-14-11-13(21)6-7-17(14)22-19(15)23/h5-11H,1-4H3,(H,22,23). The van der Waals surface area contributed by atoms with Crippen LogP contribution in [-0.2, 0) is 10.2 Å². The summed E-state index contributed by atoms with van der Waals surface area (Å²) in [5.41, 5.74) is 4.62. The molecular weight excluding hydrogens is 413 g/mol. The van der Waals surface area contributed by atoms with E-state index in [0.717, 1.165) is 31.7 Å². The van der Waals surface area contributed by atoms with Crippen LogP contribution >= 0.6 is 22.6 Å². The molecule has 1 amide bonds. The van der Waals surface area contributed by atoms with Crippen LogP contribution in [0, 0.1) is 3.57 Å². The highest BCUT2D eigenvalue weighted by Gasteiger charge is 2.25. The van der Waals surface area contributed by atoms with E-state index in [1.54, 1.807) is 7.11 Å². The molecule has 0 radical (unpaired) electrons. The Kier molecular flexibility index (Phi) is 4.42. The molecule has 2 aromatic carbocycles. The molecule has 1 aliphatic rings. The number of nitrogens with one attached hydrogen (secondary N) is 1. The number of benzene rings is 2. The Morgan fingerprint density at radius 2 is 1.88 bits per heavy atom. The fourth-order valence-electron chi connectivity index (χ4n) is 2.87. The second kappa shape index (κ2) is 6.24. The van der Waals surface area contributed by atoms with E-state index >= 15 is 0 Å². The highest BCUT2D eigenvalue weighted by Crippen LogP contribution is 2.36. The third-order valence-electron chi connectivity index (χ3n) is 4.11. The van der Waals surface area contributed by atoms with Gasteiger partial charge in [-0.25, -0.2) is 0 Å². The van der Waals surface area contributed by atoms with Gasteiger partial charge in [-0.3, -0.25) is 4.79 Å². The smallest absolute Gasteiger partial charge is 0.256 e. The van der Waals surface area contributed by atoms with E-state index in [9.17, 15) is 4.79 Å². The monoisotopic (exact) mass is 433 g/mol. The summed E-state index contributed by atoms with van der Waals surface area (Å²) >= 11 is 2.26. The summed E-state index contributed by atoms with van der Waals surface area (Å²) in [6, 6.07) is 12.0. The van der Waals surface area contributed by atoms with Crippen molar-refractivity contribution in [2.45, 2.75) is 26.2 Å². The average molecular weight is 433 g/mol. The number of methoxy groups -OCH3 is 1. The SMILES string of the molecule is COc1ccc(C=C2C(=O)Nc3ccc(I)cc32)cc1C(C)(C)C. The minimum atomic E-state index is -0.0554. The van der Waals surface area contributed by atoms with E-state index in [2.05, 4.69) is 54.7 Å². The maximum atomic E-state index is 12.3. The molecule has 3 rings (SSSR count). The van der Waals surface area contributed by atoms with E-state index in [0.29, 0.717) is 5.57 Å². The molecule has 0 saturated carbocycles. The molecule has 1 aliphatic heterocycles. The van der Waals surface area contributed by atoms with Crippen molar-refractivity contribution in [3.63, 3.8) is 0 Å². The summed E-state index contributed by atoms with van der Waals surface area (Å²) in [4.78, 5) is 12.3. The van der Waals surface area contributed by atoms with Crippen molar-refractivity contribution >= 4 is 45.8 Å². The lowest BCUT2D eigenvalue weighted by Crippen LogP contribution is -2.13. The van der Waals surface area contributed by atoms with Gasteiger partial charge in [0.1, 0.15) is 5.75 Å². The molecule has 0 spiro atoms. The summed E-state index contributed by atoms with van der Waals surface area (Å²) in [6.07, 6.45) is 1.95. The molecule has 2 aromatic rings. The lowest BCUT2D eigenvalue weighted by molar-refractivity contribution is -0.110. The molecule has 0 aromatic heterocycles. The molecule has 1 N–H and O–H groups in total. The van der Waals surface area contributed by atoms with Gasteiger partial charge in [0, 0.05) is 26.0 Å². The number of hydrogen-bond donors (Lipinski definition) is 1. The lowest BCUT2D eigenvalue weighted by Gasteiger charge is -2.22. The van der Waals surface area contributed by atoms with Gasteiger partial charge in [0.05, 0.1) is 7.11 Å². The van der Waals surface area contributed by atoms with Crippen LogP contribution in [-0.4, -0.2) is 13.0 Å². The third kappa shape index (κ3) is 3.20. The number of carbonyl (C=O) groups is 1. The summed E-state index contributed by atoms with van der Waals surface area (Å²) in [6.45, 7) is 6.46. The Labute approximate surface area is 156 Å². The van der Waals surface area contributed by atoms with Crippen LogP contribution in [0.4, 0.5) is 5.69 Å². The highest BCUT2D eigenvalue weighted by atomic mass is 127. The average Bonchev–Trinajstić information content (AvgIpc) is 2.82. The van der Waals surface area contributed by atoms with E-state index in [-0.39, 0.29) is 11.3 Å². The molecule has 3 nitrogen and oxygen atoms in total. The van der Waals surface area contributed by atoms with Gasteiger partial charge >= 0.3 is 0 Å². The largest absolute Gasteiger partial charge is 0.496 e. The number of halogens is 1. The summed E-state index contributed by atoms with van der Waals surface area (Å²) in [5, 5.41) is 2.93. The first-order valence-corrected chi connectivity index (χ1v) is 8.89. The van der Waals surface area contributed by atoms with Crippen molar-refractivity contribution in [2.75, 3.05) is 12.4 Å². The number of amides is 1. The van der Waals surface area contributed by atoms with Crippen molar-refractivity contribution < 1.29 is 9.53 Å². The first-order valence-electron chi connectivity index (χ1n) is 7.81. The zero-order valence-corrected chi connectivity index (χ0v) is 16.4. The topological polar surface area (TPSA) is 38.3 Å². The zero-order valence-electron chi connectivity index (χ0n) is 14.2. The van der Waals surface area contributed by atoms with Crippen LogP contribution in [0.1, 0.15) is 37.5 Å².